The van der Waals surface area contributed by atoms with Gasteiger partial charge in [-0.15, -0.1) is 0 Å². The van der Waals surface area contributed by atoms with Crippen LogP contribution < -0.4 is 0 Å². The molecular weight excluding hydrogens is 127 g/mol. The molecule has 0 spiro atoms. The molecular formula is C7H9BS. The third-order valence-electron chi connectivity index (χ3n) is 1.24. The Hall–Kier alpha value is -0.235. The van der Waals surface area contributed by atoms with Gasteiger partial charge in [0.05, 0.1) is 0 Å². The second-order valence-corrected chi connectivity index (χ2v) is 2.41. The van der Waals surface area contributed by atoms with Crippen molar-refractivity contribution in [2.75, 3.05) is 5.75 Å². The van der Waals surface area contributed by atoms with Crippen LogP contribution in [0.5, 0.6) is 0 Å². The fraction of sp³-hybridized carbons (Fsp3) is 0.286. The first kappa shape index (κ1) is 6.88. The van der Waals surface area contributed by atoms with Gasteiger partial charge in [0.1, 0.15) is 0 Å². The van der Waals surface area contributed by atoms with E-state index in [0.29, 0.717) is 0 Å². The van der Waals surface area contributed by atoms with Crippen molar-refractivity contribution in [3.05, 3.63) is 29.6 Å². The van der Waals surface area contributed by atoms with E-state index in [0.717, 1.165) is 12.2 Å². The molecule has 1 rings (SSSR count). The van der Waals surface area contributed by atoms with Crippen LogP contribution in [0.1, 0.15) is 5.46 Å². The molecule has 1 heterocycles. The summed E-state index contributed by atoms with van der Waals surface area (Å²) in [5, 5.41) is 0. The van der Waals surface area contributed by atoms with Crippen molar-refractivity contribution >= 4 is 19.5 Å². The number of hydrogen-bond donors (Lipinski definition) is 1. The summed E-state index contributed by atoms with van der Waals surface area (Å²) in [7, 11) is 0. The SMILES string of the molecule is SCCc1bcccc1. The Balaban J connectivity index is 2.61. The van der Waals surface area contributed by atoms with E-state index >= 15 is 0 Å². The molecule has 0 aliphatic heterocycles. The molecule has 0 aliphatic rings. The molecule has 2 heteroatoms. The fourth-order valence-electron chi connectivity index (χ4n) is 0.774. The van der Waals surface area contributed by atoms with E-state index in [-0.39, 0.29) is 0 Å². The van der Waals surface area contributed by atoms with Gasteiger partial charge in [0.15, 0.2) is 0 Å². The number of aryl methyl sites for hydroxylation is 1. The predicted octanol–water partition coefficient (Wildman–Crippen LogP) is 1.50. The molecule has 1 aromatic rings. The van der Waals surface area contributed by atoms with Crippen LogP contribution in [0.25, 0.3) is 0 Å². The van der Waals surface area contributed by atoms with Gasteiger partial charge in [0.2, 0.25) is 0 Å². The Labute approximate surface area is 61.9 Å². The van der Waals surface area contributed by atoms with E-state index in [1.165, 1.54) is 5.46 Å². The fourth-order valence-corrected chi connectivity index (χ4v) is 1.03. The zero-order valence-corrected chi connectivity index (χ0v) is 6.14. The monoisotopic (exact) mass is 136 g/mol. The van der Waals surface area contributed by atoms with E-state index in [4.69, 9.17) is 0 Å². The van der Waals surface area contributed by atoms with E-state index in [1.54, 1.807) is 0 Å². The van der Waals surface area contributed by atoms with Gasteiger partial charge in [-0.2, -0.15) is 0 Å². The molecule has 46 valence electrons. The second kappa shape index (κ2) is 3.73. The Morgan fingerprint density at radius 2 is 2.33 bits per heavy atom. The Kier molecular flexibility index (Phi) is 2.85. The molecule has 0 aromatic carbocycles. The van der Waals surface area contributed by atoms with Crippen LogP contribution in [-0.2, 0) is 6.42 Å². The first-order valence-corrected chi connectivity index (χ1v) is 3.71. The predicted molar refractivity (Wildman–Crippen MR) is 45.3 cm³/mol. The van der Waals surface area contributed by atoms with Crippen LogP contribution in [0.3, 0.4) is 0 Å². The van der Waals surface area contributed by atoms with Gasteiger partial charge in [-0.1, -0.05) is 0 Å². The average molecular weight is 136 g/mol. The maximum absolute atomic E-state index is 4.13. The molecule has 0 nitrogen and oxygen atoms in total. The third kappa shape index (κ3) is 2.23. The molecule has 0 unspecified atom stereocenters. The molecule has 0 fully saturated rings. The normalized spacial score (nSPS) is 9.00. The second-order valence-electron chi connectivity index (χ2n) is 1.96. The summed E-state index contributed by atoms with van der Waals surface area (Å²) in [6, 6.07) is 6.21. The van der Waals surface area contributed by atoms with Gasteiger partial charge in [0.25, 0.3) is 0 Å². The number of hydrogen-bond acceptors (Lipinski definition) is 1. The van der Waals surface area contributed by atoms with Gasteiger partial charge in [-0.05, 0) is 0 Å². The molecule has 0 amide bonds. The molecule has 1 aromatic heterocycles. The molecule has 0 atom stereocenters. The van der Waals surface area contributed by atoms with Crippen LogP contribution in [0, 0.1) is 0 Å². The third-order valence-corrected chi connectivity index (χ3v) is 1.47. The Morgan fingerprint density at radius 3 is 2.89 bits per heavy atom. The summed E-state index contributed by atoms with van der Waals surface area (Å²) >= 11 is 4.13. The minimum absolute atomic E-state index is 0.935. The molecule has 0 N–H and O–H groups in total. The van der Waals surface area contributed by atoms with Gasteiger partial charge in [-0.3, -0.25) is 0 Å². The quantitative estimate of drug-likeness (QED) is 0.585. The minimum atomic E-state index is 0.935. The summed E-state index contributed by atoms with van der Waals surface area (Å²) in [6.07, 6.45) is 1.07. The van der Waals surface area contributed by atoms with Crippen LogP contribution in [0.15, 0.2) is 24.2 Å². The van der Waals surface area contributed by atoms with Crippen molar-refractivity contribution in [1.82, 2.24) is 0 Å². The summed E-state index contributed by atoms with van der Waals surface area (Å²) in [5.74, 6) is 2.99. The van der Waals surface area contributed by atoms with E-state index in [1.807, 2.05) is 6.07 Å². The Bertz CT molecular complexity index is 162. The molecule has 0 saturated carbocycles. The average Bonchev–Trinajstić information content (AvgIpc) is 1.91. The van der Waals surface area contributed by atoms with Gasteiger partial charge in [0, 0.05) is 0 Å². The molecule has 0 bridgehead atoms. The van der Waals surface area contributed by atoms with E-state index in [9.17, 15) is 0 Å². The standard InChI is InChI=1S/C7H9BS/c9-6-4-7-3-1-2-5-8-7/h1-3,5,9H,4,6H2. The van der Waals surface area contributed by atoms with Crippen molar-refractivity contribution in [3.8, 4) is 0 Å². The zero-order valence-electron chi connectivity index (χ0n) is 5.25. The Morgan fingerprint density at radius 1 is 1.44 bits per heavy atom. The first-order chi connectivity index (χ1) is 4.43. The van der Waals surface area contributed by atoms with Gasteiger partial charge >= 0.3 is 61.3 Å². The topological polar surface area (TPSA) is 0 Å². The van der Waals surface area contributed by atoms with Crippen molar-refractivity contribution in [3.63, 3.8) is 0 Å². The van der Waals surface area contributed by atoms with E-state index in [2.05, 4.69) is 37.6 Å². The van der Waals surface area contributed by atoms with Crippen molar-refractivity contribution in [2.24, 2.45) is 0 Å². The molecule has 0 saturated heterocycles. The van der Waals surface area contributed by atoms with Gasteiger partial charge < -0.3 is 0 Å². The van der Waals surface area contributed by atoms with Crippen LogP contribution in [0.4, 0.5) is 0 Å². The van der Waals surface area contributed by atoms with Crippen molar-refractivity contribution < 1.29 is 0 Å². The van der Waals surface area contributed by atoms with Crippen molar-refractivity contribution in [1.29, 1.82) is 0 Å². The molecule has 9 heavy (non-hydrogen) atoms. The zero-order chi connectivity index (χ0) is 6.53. The van der Waals surface area contributed by atoms with Crippen LogP contribution in [-0.4, -0.2) is 12.7 Å². The molecule has 0 aliphatic carbocycles. The summed E-state index contributed by atoms with van der Waals surface area (Å²) in [6.45, 7) is 2.12. The maximum atomic E-state index is 4.13. The van der Waals surface area contributed by atoms with Crippen LogP contribution in [0.2, 0.25) is 0 Å². The van der Waals surface area contributed by atoms with Gasteiger partial charge in [-0.25, -0.2) is 0 Å². The summed E-state index contributed by atoms with van der Waals surface area (Å²) in [5.41, 5.74) is 1.37. The van der Waals surface area contributed by atoms with E-state index < -0.39 is 0 Å². The van der Waals surface area contributed by atoms with Crippen LogP contribution >= 0.6 is 12.6 Å². The number of rotatable bonds is 2. The first-order valence-electron chi connectivity index (χ1n) is 3.08. The summed E-state index contributed by atoms with van der Waals surface area (Å²) < 4.78 is 0. The summed E-state index contributed by atoms with van der Waals surface area (Å²) in [4.78, 5) is 0. The molecule has 0 radical (unpaired) electrons. The van der Waals surface area contributed by atoms with Crippen molar-refractivity contribution in [2.45, 2.75) is 6.42 Å². The number of thiol groups is 1.